The van der Waals surface area contributed by atoms with Crippen LogP contribution in [-0.2, 0) is 0 Å². The van der Waals surface area contributed by atoms with Crippen LogP contribution >= 0.6 is 0 Å². The summed E-state index contributed by atoms with van der Waals surface area (Å²) in [6.07, 6.45) is 0. The molecule has 0 saturated heterocycles. The lowest BCUT2D eigenvalue weighted by Crippen LogP contribution is -2.15. The maximum atomic E-state index is 6.50. The largest absolute Gasteiger partial charge is 0.455 e. The molecule has 12 aromatic carbocycles. The molecule has 4 nitrogen and oxygen atoms in total. The first-order valence-electron chi connectivity index (χ1n) is 23.1. The van der Waals surface area contributed by atoms with Gasteiger partial charge in [-0.05, 0) is 161 Å². The molecule has 320 valence electrons. The maximum Gasteiger partial charge on any atom is 0.151 e. The van der Waals surface area contributed by atoms with Crippen LogP contribution in [-0.4, -0.2) is 0 Å². The Balaban J connectivity index is 1.08. The number of anilines is 5. The van der Waals surface area contributed by atoms with Gasteiger partial charge in [-0.15, -0.1) is 0 Å². The summed E-state index contributed by atoms with van der Waals surface area (Å²) >= 11 is 0. The monoisotopic (exact) mass is 870 g/mol. The summed E-state index contributed by atoms with van der Waals surface area (Å²) < 4.78 is 12.9. The van der Waals surface area contributed by atoms with Gasteiger partial charge in [0.2, 0.25) is 0 Å². The van der Waals surface area contributed by atoms with Crippen LogP contribution in [0.25, 0.3) is 76.5 Å². The summed E-state index contributed by atoms with van der Waals surface area (Å²) in [6, 6.07) is 88.3. The molecule has 0 atom stereocenters. The number of nitrogens with one attached hydrogen (secondary N) is 1. The molecule has 68 heavy (non-hydrogen) atoms. The molecule has 13 rings (SSSR count). The lowest BCUT2D eigenvalue weighted by molar-refractivity contribution is 0.477. The summed E-state index contributed by atoms with van der Waals surface area (Å²) in [6.45, 7) is 0. The minimum absolute atomic E-state index is 0.747. The third-order valence-electron chi connectivity index (χ3n) is 13.2. The van der Waals surface area contributed by atoms with Crippen LogP contribution in [0.4, 0.5) is 28.4 Å². The normalized spacial score (nSPS) is 11.9. The van der Waals surface area contributed by atoms with Crippen LogP contribution in [0, 0.1) is 0 Å². The fourth-order valence-electron chi connectivity index (χ4n) is 10.1. The highest BCUT2D eigenvalue weighted by Crippen LogP contribution is 2.53. The molecular weight excluding hydrogens is 829 g/mol. The summed E-state index contributed by atoms with van der Waals surface area (Å²) in [5, 5.41) is 13.2. The highest BCUT2D eigenvalue weighted by atomic mass is 16.5. The van der Waals surface area contributed by atoms with E-state index in [9.17, 15) is 0 Å². The Bertz CT molecular complexity index is 3850. The van der Waals surface area contributed by atoms with Crippen LogP contribution in [0.2, 0.25) is 0 Å². The number of rotatable bonds is 8. The zero-order valence-electron chi connectivity index (χ0n) is 36.9. The Hall–Kier alpha value is -9.12. The van der Waals surface area contributed by atoms with E-state index in [0.717, 1.165) is 78.5 Å². The van der Waals surface area contributed by atoms with Crippen molar-refractivity contribution in [3.63, 3.8) is 0 Å². The van der Waals surface area contributed by atoms with Gasteiger partial charge in [0.1, 0.15) is 5.75 Å². The molecule has 0 bridgehead atoms. The summed E-state index contributed by atoms with van der Waals surface area (Å²) in [5.74, 6) is 3.17. The smallest absolute Gasteiger partial charge is 0.151 e. The topological polar surface area (TPSA) is 33.7 Å². The Morgan fingerprint density at radius 3 is 1.79 bits per heavy atom. The minimum atomic E-state index is 0.747. The molecule has 1 heterocycles. The standard InChI is InChI=1S/C64H42N2O2/c1-3-16-42(17-4-1)44-30-31-46-39-47(33-32-45(46)38-44)63-53-37-35-49(66-58-25-10-13-28-61(58)68-62-29-14-11-26-59(62)66)41-56(53)64(52-23-15-19-43-18-7-8-22-51(43)52)54-36-34-48(40-55(54)63)65-57-24-9-12-27-60(57)67-50-20-5-2-6-21-50/h1-41,65H. The zero-order valence-corrected chi connectivity index (χ0v) is 36.9. The van der Waals surface area contributed by atoms with Gasteiger partial charge in [0.25, 0.3) is 0 Å². The van der Waals surface area contributed by atoms with Gasteiger partial charge in [-0.3, -0.25) is 0 Å². The van der Waals surface area contributed by atoms with Gasteiger partial charge in [-0.1, -0.05) is 164 Å². The number of benzene rings is 12. The highest BCUT2D eigenvalue weighted by Gasteiger charge is 2.27. The van der Waals surface area contributed by atoms with Crippen molar-refractivity contribution in [2.24, 2.45) is 0 Å². The first kappa shape index (κ1) is 39.3. The van der Waals surface area contributed by atoms with Crippen molar-refractivity contribution in [2.75, 3.05) is 10.2 Å². The van der Waals surface area contributed by atoms with Gasteiger partial charge in [-0.25, -0.2) is 0 Å². The second-order valence-electron chi connectivity index (χ2n) is 17.3. The Morgan fingerprint density at radius 2 is 0.985 bits per heavy atom. The molecule has 0 spiro atoms. The van der Waals surface area contributed by atoms with Crippen molar-refractivity contribution in [3.8, 4) is 56.4 Å². The molecule has 0 aliphatic carbocycles. The maximum absolute atomic E-state index is 6.50. The number of hydrogen-bond acceptors (Lipinski definition) is 4. The van der Waals surface area contributed by atoms with Gasteiger partial charge < -0.3 is 19.7 Å². The fraction of sp³-hybridized carbons (Fsp3) is 0. The van der Waals surface area contributed by atoms with Crippen molar-refractivity contribution >= 4 is 71.5 Å². The van der Waals surface area contributed by atoms with Crippen LogP contribution in [0.15, 0.2) is 249 Å². The van der Waals surface area contributed by atoms with E-state index in [-0.39, 0.29) is 0 Å². The van der Waals surface area contributed by atoms with Crippen LogP contribution in [0.1, 0.15) is 0 Å². The van der Waals surface area contributed by atoms with Crippen LogP contribution in [0.3, 0.4) is 0 Å². The molecular formula is C64H42N2O2. The molecule has 0 amide bonds. The van der Waals surface area contributed by atoms with Crippen molar-refractivity contribution in [1.29, 1.82) is 0 Å². The van der Waals surface area contributed by atoms with Crippen LogP contribution in [0.5, 0.6) is 23.0 Å². The molecule has 12 aromatic rings. The van der Waals surface area contributed by atoms with Gasteiger partial charge in [0, 0.05) is 11.4 Å². The Kier molecular flexibility index (Phi) is 9.47. The van der Waals surface area contributed by atoms with Crippen molar-refractivity contribution in [1.82, 2.24) is 0 Å². The molecule has 0 radical (unpaired) electrons. The lowest BCUT2D eigenvalue weighted by Gasteiger charge is -2.33. The first-order valence-corrected chi connectivity index (χ1v) is 23.1. The second-order valence-corrected chi connectivity index (χ2v) is 17.3. The highest BCUT2D eigenvalue weighted by molar-refractivity contribution is 6.25. The molecule has 4 heteroatoms. The number of nitrogens with zero attached hydrogens (tertiary/aromatic N) is 1. The van der Waals surface area contributed by atoms with E-state index in [0.29, 0.717) is 0 Å². The summed E-state index contributed by atoms with van der Waals surface area (Å²) in [5.41, 5.74) is 11.9. The summed E-state index contributed by atoms with van der Waals surface area (Å²) in [7, 11) is 0. The number of hydrogen-bond donors (Lipinski definition) is 1. The van der Waals surface area contributed by atoms with E-state index in [2.05, 4.69) is 186 Å². The average Bonchev–Trinajstić information content (AvgIpc) is 3.40. The summed E-state index contributed by atoms with van der Waals surface area (Å²) in [4.78, 5) is 2.34. The second kappa shape index (κ2) is 16.4. The van der Waals surface area contributed by atoms with Gasteiger partial charge in [0.15, 0.2) is 17.2 Å². The van der Waals surface area contributed by atoms with E-state index < -0.39 is 0 Å². The van der Waals surface area contributed by atoms with Gasteiger partial charge in [-0.2, -0.15) is 0 Å². The van der Waals surface area contributed by atoms with Crippen molar-refractivity contribution in [3.05, 3.63) is 249 Å². The number of ether oxygens (including phenoxy) is 2. The molecule has 1 N–H and O–H groups in total. The SMILES string of the molecule is c1ccc(Oc2ccccc2Nc2ccc3c(-c4cccc5ccccc45)c4cc(N5c6ccccc6Oc6ccccc65)ccc4c(-c4ccc5cc(-c6ccccc6)ccc5c4)c3c2)cc1. The predicted octanol–water partition coefficient (Wildman–Crippen LogP) is 18.4. The van der Waals surface area contributed by atoms with Crippen LogP contribution < -0.4 is 19.7 Å². The Labute approximate surface area is 394 Å². The van der Waals surface area contributed by atoms with Gasteiger partial charge >= 0.3 is 0 Å². The molecule has 0 fully saturated rings. The van der Waals surface area contributed by atoms with E-state index in [1.165, 1.54) is 49.4 Å². The Morgan fingerprint density at radius 1 is 0.368 bits per heavy atom. The quantitative estimate of drug-likeness (QED) is 0.154. The minimum Gasteiger partial charge on any atom is -0.455 e. The average molecular weight is 871 g/mol. The van der Waals surface area contributed by atoms with Crippen molar-refractivity contribution < 1.29 is 9.47 Å². The van der Waals surface area contributed by atoms with Gasteiger partial charge in [0.05, 0.1) is 17.1 Å². The molecule has 1 aliphatic rings. The third-order valence-corrected chi connectivity index (χ3v) is 13.2. The van der Waals surface area contributed by atoms with E-state index in [4.69, 9.17) is 9.47 Å². The lowest BCUT2D eigenvalue weighted by atomic mass is 9.84. The van der Waals surface area contributed by atoms with E-state index in [1.807, 2.05) is 72.8 Å². The molecule has 0 unspecified atom stereocenters. The van der Waals surface area contributed by atoms with E-state index >= 15 is 0 Å². The first-order chi connectivity index (χ1) is 33.7. The molecule has 0 aromatic heterocycles. The zero-order chi connectivity index (χ0) is 45.0. The third kappa shape index (κ3) is 6.86. The molecule has 0 saturated carbocycles. The van der Waals surface area contributed by atoms with Crippen molar-refractivity contribution in [2.45, 2.75) is 0 Å². The molecule has 1 aliphatic heterocycles. The fourth-order valence-corrected chi connectivity index (χ4v) is 10.1. The number of para-hydroxylation sites is 7. The predicted molar refractivity (Wildman–Crippen MR) is 284 cm³/mol. The van der Waals surface area contributed by atoms with E-state index in [1.54, 1.807) is 0 Å². The number of fused-ring (bicyclic) bond motifs is 6.